The third-order valence-electron chi connectivity index (χ3n) is 11.2. The fraction of sp³-hybridized carbons (Fsp3) is 0.756. The number of aliphatic hydroxyl groups excluding tert-OH is 1. The second-order valence-corrected chi connectivity index (χ2v) is 18.7. The molecule has 0 radical (unpaired) electrons. The summed E-state index contributed by atoms with van der Waals surface area (Å²) in [7, 11) is 0. The van der Waals surface area contributed by atoms with E-state index in [1.54, 1.807) is 69.2 Å². The van der Waals surface area contributed by atoms with E-state index in [2.05, 4.69) is 47.9 Å². The fourth-order valence-corrected chi connectivity index (χ4v) is 6.60. The first kappa shape index (κ1) is 63.1. The molecule has 69 heavy (non-hydrogen) atoms. The van der Waals surface area contributed by atoms with E-state index in [1.807, 2.05) is 0 Å². The normalized spacial score (nSPS) is 16.1. The third-order valence-corrected chi connectivity index (χ3v) is 11.2. The van der Waals surface area contributed by atoms with Crippen molar-refractivity contribution < 1.29 is 68.1 Å². The van der Waals surface area contributed by atoms with Crippen LogP contribution in [0.4, 0.5) is 0 Å². The molecule has 0 spiro atoms. The zero-order valence-corrected chi connectivity index (χ0v) is 42.1. The van der Waals surface area contributed by atoms with Crippen molar-refractivity contribution in [1.82, 2.24) is 47.9 Å². The summed E-state index contributed by atoms with van der Waals surface area (Å²) in [5.41, 5.74) is 5.79. The lowest BCUT2D eigenvalue weighted by molar-refractivity contribution is -0.144. The summed E-state index contributed by atoms with van der Waals surface area (Å²) in [5.74, 6) is -11.3. The smallest absolute Gasteiger partial charge is 0.326 e. The van der Waals surface area contributed by atoms with Gasteiger partial charge in [-0.1, -0.05) is 82.1 Å². The van der Waals surface area contributed by atoms with Gasteiger partial charge in [0.05, 0.1) is 25.2 Å². The minimum atomic E-state index is -1.58. The van der Waals surface area contributed by atoms with E-state index >= 15 is 0 Å². The fourth-order valence-electron chi connectivity index (χ4n) is 6.60. The largest absolute Gasteiger partial charge is 0.481 e. The summed E-state index contributed by atoms with van der Waals surface area (Å²) in [4.78, 5) is 141. The van der Waals surface area contributed by atoms with Gasteiger partial charge in [0.1, 0.15) is 42.3 Å². The quantitative estimate of drug-likeness (QED) is 0.0351. The second-order valence-electron chi connectivity index (χ2n) is 18.7. The molecule has 0 saturated heterocycles. The van der Waals surface area contributed by atoms with Crippen LogP contribution in [0.2, 0.25) is 0 Å². The van der Waals surface area contributed by atoms with Crippen LogP contribution in [0.3, 0.4) is 0 Å². The third kappa shape index (κ3) is 23.8. The first-order valence-corrected chi connectivity index (χ1v) is 23.5. The molecule has 0 saturated carbocycles. The van der Waals surface area contributed by atoms with Gasteiger partial charge in [0.2, 0.25) is 53.2 Å². The van der Waals surface area contributed by atoms with Crippen LogP contribution in [0.1, 0.15) is 122 Å². The van der Waals surface area contributed by atoms with Crippen molar-refractivity contribution in [3.63, 3.8) is 0 Å². The Hall–Kier alpha value is -5.91. The van der Waals surface area contributed by atoms with Crippen LogP contribution in [-0.4, -0.2) is 148 Å². The number of aliphatic hydroxyl groups is 1. The number of nitrogens with one attached hydrogen (secondary N) is 9. The molecule has 11 atom stereocenters. The number of aliphatic carboxylic acids is 2. The Morgan fingerprint density at radius 3 is 1.29 bits per heavy atom. The Bertz CT molecular complexity index is 1780. The molecule has 9 amide bonds. The van der Waals surface area contributed by atoms with E-state index in [0.29, 0.717) is 12.8 Å². The number of carboxylic acid groups (broad SMARTS) is 2. The Kier molecular flexibility index (Phi) is 28.6. The van der Waals surface area contributed by atoms with Crippen LogP contribution >= 0.6 is 0 Å². The van der Waals surface area contributed by atoms with Gasteiger partial charge < -0.3 is 68.9 Å². The van der Waals surface area contributed by atoms with Crippen molar-refractivity contribution in [3.05, 3.63) is 0 Å². The highest BCUT2D eigenvalue weighted by molar-refractivity contribution is 5.97. The number of hydrogen-bond donors (Lipinski definition) is 13. The number of nitrogens with two attached hydrogens (primary N) is 1. The van der Waals surface area contributed by atoms with Gasteiger partial charge in [0.25, 0.3) is 0 Å². The van der Waals surface area contributed by atoms with Crippen LogP contribution in [0, 0.1) is 29.6 Å². The van der Waals surface area contributed by atoms with Gasteiger partial charge in [0.15, 0.2) is 0 Å². The van der Waals surface area contributed by atoms with E-state index in [4.69, 9.17) is 10.8 Å². The number of carbonyl (C=O) groups excluding carboxylic acids is 9. The lowest BCUT2D eigenvalue weighted by Crippen LogP contribution is -2.61. The van der Waals surface area contributed by atoms with Crippen LogP contribution < -0.4 is 53.6 Å². The Balaban J connectivity index is 5.76. The second kappa shape index (κ2) is 31.3. The van der Waals surface area contributed by atoms with Crippen LogP contribution in [0.5, 0.6) is 0 Å². The lowest BCUT2D eigenvalue weighted by Gasteiger charge is -2.29. The Labute approximate surface area is 404 Å². The van der Waals surface area contributed by atoms with E-state index in [-0.39, 0.29) is 37.5 Å². The Morgan fingerprint density at radius 2 is 0.884 bits per heavy atom. The topological polar surface area (TPSA) is 383 Å². The molecule has 0 aliphatic rings. The highest BCUT2D eigenvalue weighted by Gasteiger charge is 2.36. The molecule has 394 valence electrons. The molecule has 0 heterocycles. The zero-order chi connectivity index (χ0) is 53.5. The summed E-state index contributed by atoms with van der Waals surface area (Å²) in [6.07, 6.45) is -0.924. The molecule has 11 unspecified atom stereocenters. The highest BCUT2D eigenvalue weighted by atomic mass is 16.4. The SMILES string of the molecule is CCC(C)C(NC(=O)CNC(=O)C(C)NC(=O)C(CC(C)C)NC(=O)C(N)CCC(=O)O)C(=O)NCC(=O)NC(C(=O)NC(CC(C)C)C(=O)NC(C(=O)NC(C(=O)O)C(C)C)C(C)O)C(C)CC. The molecular weight excluding hydrogens is 905 g/mol. The molecular formula is C45H80N10O14. The highest BCUT2D eigenvalue weighted by Crippen LogP contribution is 2.13. The first-order valence-electron chi connectivity index (χ1n) is 23.5. The number of carbonyl (C=O) groups is 11. The first-order chi connectivity index (χ1) is 32.0. The molecule has 0 aromatic heterocycles. The van der Waals surface area contributed by atoms with Crippen molar-refractivity contribution in [3.8, 4) is 0 Å². The number of carboxylic acids is 2. The molecule has 24 heteroatoms. The lowest BCUT2D eigenvalue weighted by atomic mass is 9.96. The summed E-state index contributed by atoms with van der Waals surface area (Å²) in [6, 6.07) is -10.0. The summed E-state index contributed by atoms with van der Waals surface area (Å²) >= 11 is 0. The summed E-state index contributed by atoms with van der Waals surface area (Å²) in [5, 5.41) is 51.1. The van der Waals surface area contributed by atoms with Gasteiger partial charge in [-0.05, 0) is 62.7 Å². The van der Waals surface area contributed by atoms with Crippen molar-refractivity contribution in [2.24, 2.45) is 35.3 Å². The van der Waals surface area contributed by atoms with Gasteiger partial charge in [-0.2, -0.15) is 0 Å². The molecule has 0 bridgehead atoms. The van der Waals surface area contributed by atoms with Crippen molar-refractivity contribution in [2.75, 3.05) is 13.1 Å². The molecule has 0 aliphatic carbocycles. The van der Waals surface area contributed by atoms with E-state index in [1.165, 1.54) is 13.8 Å². The van der Waals surface area contributed by atoms with Gasteiger partial charge in [0, 0.05) is 6.42 Å². The molecule has 0 rings (SSSR count). The van der Waals surface area contributed by atoms with Crippen molar-refractivity contribution in [1.29, 1.82) is 0 Å². The average molecular weight is 985 g/mol. The molecule has 24 nitrogen and oxygen atoms in total. The number of hydrogen-bond acceptors (Lipinski definition) is 13. The van der Waals surface area contributed by atoms with Crippen LogP contribution in [0.15, 0.2) is 0 Å². The van der Waals surface area contributed by atoms with Gasteiger partial charge in [-0.3, -0.25) is 47.9 Å². The predicted octanol–water partition coefficient (Wildman–Crippen LogP) is -1.87. The maximum atomic E-state index is 13.8. The standard InChI is InChI=1S/C45H80N10O14/c1-13-24(9)35(52-31(57)19-47-38(61)26(11)49-40(63)29(17-21(3)4)50-39(62)28(46)15-16-33(59)60)42(65)48-20-32(58)53-36(25(10)14-2)43(66)51-30(18-22(5)6)41(64)55-37(27(12)56)44(67)54-34(23(7)8)45(68)69/h21-30,34-37,56H,13-20,46H2,1-12H3,(H,47,61)(H,48,65)(H,49,63)(H,50,62)(H,51,66)(H,52,57)(H,53,58)(H,54,67)(H,55,64)(H,59,60)(H,68,69). The van der Waals surface area contributed by atoms with Crippen molar-refractivity contribution >= 4 is 65.1 Å². The molecule has 0 aliphatic heterocycles. The summed E-state index contributed by atoms with van der Waals surface area (Å²) < 4.78 is 0. The van der Waals surface area contributed by atoms with Gasteiger partial charge in [-0.15, -0.1) is 0 Å². The maximum absolute atomic E-state index is 13.8. The van der Waals surface area contributed by atoms with Crippen LogP contribution in [0.25, 0.3) is 0 Å². The number of amides is 9. The molecule has 0 aromatic carbocycles. The molecule has 0 fully saturated rings. The Morgan fingerprint density at radius 1 is 0.478 bits per heavy atom. The molecule has 0 aromatic rings. The average Bonchev–Trinajstić information content (AvgIpc) is 3.26. The van der Waals surface area contributed by atoms with E-state index in [0.717, 1.165) is 0 Å². The van der Waals surface area contributed by atoms with Crippen LogP contribution in [-0.2, 0) is 52.7 Å². The summed E-state index contributed by atoms with van der Waals surface area (Å²) in [6.45, 7) is 18.5. The minimum absolute atomic E-state index is 0.0737. The van der Waals surface area contributed by atoms with Gasteiger partial charge >= 0.3 is 11.9 Å². The molecule has 14 N–H and O–H groups in total. The maximum Gasteiger partial charge on any atom is 0.326 e. The van der Waals surface area contributed by atoms with E-state index in [9.17, 15) is 63.0 Å². The van der Waals surface area contributed by atoms with E-state index < -0.39 is 150 Å². The van der Waals surface area contributed by atoms with Crippen molar-refractivity contribution in [2.45, 2.75) is 176 Å². The van der Waals surface area contributed by atoms with Gasteiger partial charge in [-0.25, -0.2) is 4.79 Å². The number of rotatable bonds is 32. The predicted molar refractivity (Wildman–Crippen MR) is 252 cm³/mol. The monoisotopic (exact) mass is 985 g/mol. The zero-order valence-electron chi connectivity index (χ0n) is 42.1. The minimum Gasteiger partial charge on any atom is -0.481 e.